The summed E-state index contributed by atoms with van der Waals surface area (Å²) in [4.78, 5) is 22.2. The van der Waals surface area contributed by atoms with Crippen molar-refractivity contribution in [3.63, 3.8) is 0 Å². The van der Waals surface area contributed by atoms with Gasteiger partial charge in [0.05, 0.1) is 12.6 Å². The Kier molecular flexibility index (Phi) is 9.16. The van der Waals surface area contributed by atoms with Crippen molar-refractivity contribution in [3.05, 3.63) is 0 Å². The molecule has 0 bridgehead atoms. The second-order valence-electron chi connectivity index (χ2n) is 5.77. The molecule has 0 aromatic rings. The first kappa shape index (κ1) is 18.9. The second-order valence-corrected chi connectivity index (χ2v) is 5.77. The highest BCUT2D eigenvalue weighted by molar-refractivity contribution is 5.81. The maximum Gasteiger partial charge on any atom is 0.303 e. The van der Waals surface area contributed by atoms with E-state index >= 15 is 0 Å². The molecule has 118 valence electrons. The van der Waals surface area contributed by atoms with Gasteiger partial charge < -0.3 is 20.5 Å². The number of carboxylic acids is 1. The number of rotatable bonds is 11. The van der Waals surface area contributed by atoms with Gasteiger partial charge in [-0.15, -0.1) is 0 Å². The third kappa shape index (κ3) is 9.75. The van der Waals surface area contributed by atoms with Crippen LogP contribution in [0, 0.1) is 5.41 Å². The van der Waals surface area contributed by atoms with Gasteiger partial charge in [-0.2, -0.15) is 0 Å². The predicted octanol–water partition coefficient (Wildman–Crippen LogP) is 1.01. The molecule has 0 spiro atoms. The van der Waals surface area contributed by atoms with Gasteiger partial charge in [0.2, 0.25) is 5.91 Å². The van der Waals surface area contributed by atoms with Gasteiger partial charge >= 0.3 is 5.97 Å². The first-order chi connectivity index (χ1) is 9.28. The predicted molar refractivity (Wildman–Crippen MR) is 77.6 cm³/mol. The topological polar surface area (TPSA) is 87.7 Å². The van der Waals surface area contributed by atoms with Crippen LogP contribution in [-0.2, 0) is 14.3 Å². The van der Waals surface area contributed by atoms with E-state index in [1.165, 1.54) is 0 Å². The molecular weight excluding hydrogens is 260 g/mol. The van der Waals surface area contributed by atoms with Crippen molar-refractivity contribution >= 4 is 11.9 Å². The number of carbonyl (C=O) groups is 2. The lowest BCUT2D eigenvalue weighted by atomic mass is 9.84. The van der Waals surface area contributed by atoms with Crippen LogP contribution < -0.4 is 10.6 Å². The summed E-state index contributed by atoms with van der Waals surface area (Å²) in [6.45, 7) is 7.59. The Morgan fingerprint density at radius 1 is 1.25 bits per heavy atom. The van der Waals surface area contributed by atoms with E-state index < -0.39 is 5.97 Å². The molecule has 20 heavy (non-hydrogen) atoms. The van der Waals surface area contributed by atoms with Gasteiger partial charge in [-0.3, -0.25) is 9.59 Å². The van der Waals surface area contributed by atoms with Gasteiger partial charge in [0.15, 0.2) is 0 Å². The minimum absolute atomic E-state index is 0.0440. The average Bonchev–Trinajstić information content (AvgIpc) is 2.36. The highest BCUT2D eigenvalue weighted by Gasteiger charge is 2.20. The molecule has 0 aromatic carbocycles. The molecule has 0 radical (unpaired) electrons. The minimum atomic E-state index is -0.767. The molecule has 0 aromatic heterocycles. The molecule has 1 atom stereocenters. The number of amides is 1. The van der Waals surface area contributed by atoms with E-state index in [0.717, 1.165) is 6.42 Å². The molecule has 1 unspecified atom stereocenters. The first-order valence-corrected chi connectivity index (χ1v) is 7.00. The Morgan fingerprint density at radius 2 is 1.90 bits per heavy atom. The quantitative estimate of drug-likeness (QED) is 0.494. The van der Waals surface area contributed by atoms with E-state index in [4.69, 9.17) is 9.84 Å². The normalized spacial score (nSPS) is 13.0. The lowest BCUT2D eigenvalue weighted by molar-refractivity contribution is -0.137. The van der Waals surface area contributed by atoms with Crippen molar-refractivity contribution in [1.82, 2.24) is 10.6 Å². The lowest BCUT2D eigenvalue weighted by Gasteiger charge is -2.25. The zero-order valence-electron chi connectivity index (χ0n) is 13.0. The van der Waals surface area contributed by atoms with Crippen LogP contribution in [0.1, 0.15) is 40.0 Å². The van der Waals surface area contributed by atoms with E-state index in [-0.39, 0.29) is 23.8 Å². The maximum absolute atomic E-state index is 11.7. The summed E-state index contributed by atoms with van der Waals surface area (Å²) in [7, 11) is 1.59. The van der Waals surface area contributed by atoms with Crippen LogP contribution >= 0.6 is 0 Å². The Bertz CT molecular complexity index is 306. The minimum Gasteiger partial charge on any atom is -0.481 e. The van der Waals surface area contributed by atoms with Gasteiger partial charge in [-0.25, -0.2) is 0 Å². The molecular formula is C14H28N2O4. The van der Waals surface area contributed by atoms with E-state index in [2.05, 4.69) is 10.6 Å². The van der Waals surface area contributed by atoms with Crippen LogP contribution in [0.25, 0.3) is 0 Å². The standard InChI is InChI=1S/C14H28N2O4/c1-11(13(19)16-9-10-20-4)15-8-7-14(2,3)6-5-12(17)18/h11,15H,5-10H2,1-4H3,(H,16,19)(H,17,18). The van der Waals surface area contributed by atoms with Crippen molar-refractivity contribution in [2.45, 2.75) is 46.1 Å². The summed E-state index contributed by atoms with van der Waals surface area (Å²) < 4.78 is 4.86. The molecule has 3 N–H and O–H groups in total. The number of ether oxygens (including phenoxy) is 1. The molecule has 0 aliphatic carbocycles. The van der Waals surface area contributed by atoms with Gasteiger partial charge in [-0.05, 0) is 31.7 Å². The monoisotopic (exact) mass is 288 g/mol. The molecule has 0 aliphatic rings. The fourth-order valence-electron chi connectivity index (χ4n) is 1.72. The van der Waals surface area contributed by atoms with Crippen molar-refractivity contribution in [2.24, 2.45) is 5.41 Å². The van der Waals surface area contributed by atoms with E-state index in [1.54, 1.807) is 7.11 Å². The lowest BCUT2D eigenvalue weighted by Crippen LogP contribution is -2.44. The zero-order chi connectivity index (χ0) is 15.6. The van der Waals surface area contributed by atoms with Crippen LogP contribution in [0.15, 0.2) is 0 Å². The molecule has 0 saturated heterocycles. The highest BCUT2D eigenvalue weighted by Crippen LogP contribution is 2.25. The van der Waals surface area contributed by atoms with Crippen molar-refractivity contribution in [2.75, 3.05) is 26.8 Å². The maximum atomic E-state index is 11.7. The number of aliphatic carboxylic acids is 1. The van der Waals surface area contributed by atoms with Gasteiger partial charge in [0, 0.05) is 20.1 Å². The average molecular weight is 288 g/mol. The molecule has 0 rings (SSSR count). The van der Waals surface area contributed by atoms with Crippen LogP contribution in [0.5, 0.6) is 0 Å². The van der Waals surface area contributed by atoms with Crippen LogP contribution in [0.3, 0.4) is 0 Å². The number of carboxylic acid groups (broad SMARTS) is 1. The fourth-order valence-corrected chi connectivity index (χ4v) is 1.72. The molecule has 1 amide bonds. The Labute approximate surface area is 121 Å². The number of carbonyl (C=O) groups excluding carboxylic acids is 1. The fraction of sp³-hybridized carbons (Fsp3) is 0.857. The Hall–Kier alpha value is -1.14. The summed E-state index contributed by atoms with van der Waals surface area (Å²) in [6.07, 6.45) is 1.65. The molecule has 0 heterocycles. The molecule has 0 aliphatic heterocycles. The smallest absolute Gasteiger partial charge is 0.303 e. The largest absolute Gasteiger partial charge is 0.481 e. The van der Waals surface area contributed by atoms with Crippen molar-refractivity contribution in [1.29, 1.82) is 0 Å². The number of hydrogen-bond donors (Lipinski definition) is 3. The van der Waals surface area contributed by atoms with E-state index in [0.29, 0.717) is 26.1 Å². The zero-order valence-corrected chi connectivity index (χ0v) is 13.0. The summed E-state index contributed by atoms with van der Waals surface area (Å²) in [5.74, 6) is -0.817. The van der Waals surface area contributed by atoms with E-state index in [9.17, 15) is 9.59 Å². The molecule has 6 nitrogen and oxygen atoms in total. The Balaban J connectivity index is 3.85. The van der Waals surface area contributed by atoms with Crippen molar-refractivity contribution in [3.8, 4) is 0 Å². The summed E-state index contributed by atoms with van der Waals surface area (Å²) in [5.41, 5.74) is -0.0440. The van der Waals surface area contributed by atoms with Crippen LogP contribution in [0.4, 0.5) is 0 Å². The number of hydrogen-bond acceptors (Lipinski definition) is 4. The summed E-state index contributed by atoms with van der Waals surface area (Å²) in [5, 5.41) is 14.6. The SMILES string of the molecule is COCCNC(=O)C(C)NCCC(C)(C)CCC(=O)O. The molecule has 6 heteroatoms. The van der Waals surface area contributed by atoms with E-state index in [1.807, 2.05) is 20.8 Å². The first-order valence-electron chi connectivity index (χ1n) is 7.00. The Morgan fingerprint density at radius 3 is 2.45 bits per heavy atom. The third-order valence-corrected chi connectivity index (χ3v) is 3.27. The highest BCUT2D eigenvalue weighted by atomic mass is 16.5. The molecule has 0 fully saturated rings. The van der Waals surface area contributed by atoms with Gasteiger partial charge in [0.1, 0.15) is 0 Å². The van der Waals surface area contributed by atoms with Crippen LogP contribution in [0.2, 0.25) is 0 Å². The van der Waals surface area contributed by atoms with Gasteiger partial charge in [0.25, 0.3) is 0 Å². The van der Waals surface area contributed by atoms with Crippen LogP contribution in [-0.4, -0.2) is 49.8 Å². The second kappa shape index (κ2) is 9.72. The third-order valence-electron chi connectivity index (χ3n) is 3.27. The van der Waals surface area contributed by atoms with Gasteiger partial charge in [-0.1, -0.05) is 13.8 Å². The van der Waals surface area contributed by atoms with Crippen molar-refractivity contribution < 1.29 is 19.4 Å². The summed E-state index contributed by atoms with van der Waals surface area (Å²) >= 11 is 0. The molecule has 0 saturated carbocycles. The number of methoxy groups -OCH3 is 1. The number of nitrogens with one attached hydrogen (secondary N) is 2. The summed E-state index contributed by atoms with van der Waals surface area (Å²) in [6, 6.07) is -0.262.